The molecule has 86 valence electrons. The number of fused-ring (bicyclic) bond motifs is 3. The number of anilines is 1. The predicted molar refractivity (Wildman–Crippen MR) is 68.8 cm³/mol. The van der Waals surface area contributed by atoms with Crippen LogP contribution in [-0.4, -0.2) is 20.2 Å². The summed E-state index contributed by atoms with van der Waals surface area (Å²) in [6.07, 6.45) is 2.82. The molecule has 0 aromatic heterocycles. The van der Waals surface area contributed by atoms with Crippen molar-refractivity contribution in [2.75, 3.05) is 25.1 Å². The molecule has 1 aromatic rings. The van der Waals surface area contributed by atoms with E-state index in [0.717, 1.165) is 17.6 Å². The van der Waals surface area contributed by atoms with Crippen molar-refractivity contribution >= 4 is 21.6 Å². The summed E-state index contributed by atoms with van der Waals surface area (Å²) in [6.45, 7) is 2.04. The van der Waals surface area contributed by atoms with Crippen LogP contribution in [0.25, 0.3) is 0 Å². The molecule has 0 N–H and O–H groups in total. The Morgan fingerprint density at radius 1 is 1.44 bits per heavy atom. The summed E-state index contributed by atoms with van der Waals surface area (Å²) in [5.41, 5.74) is 2.68. The highest BCUT2D eigenvalue weighted by Crippen LogP contribution is 2.43. The van der Waals surface area contributed by atoms with E-state index in [1.165, 1.54) is 24.1 Å². The number of ether oxygens (including phenoxy) is 1. The van der Waals surface area contributed by atoms with Crippen LogP contribution in [0.5, 0.6) is 0 Å². The Balaban J connectivity index is 2.05. The van der Waals surface area contributed by atoms with Crippen molar-refractivity contribution in [2.45, 2.75) is 18.9 Å². The van der Waals surface area contributed by atoms with Gasteiger partial charge < -0.3 is 9.64 Å². The Kier molecular flexibility index (Phi) is 2.68. The van der Waals surface area contributed by atoms with E-state index in [9.17, 15) is 0 Å². The Labute approximate surface area is 105 Å². The lowest BCUT2D eigenvalue weighted by atomic mass is 9.85. The predicted octanol–water partition coefficient (Wildman–Crippen LogP) is 3.37. The van der Waals surface area contributed by atoms with Gasteiger partial charge in [0.2, 0.25) is 0 Å². The molecule has 2 aliphatic rings. The van der Waals surface area contributed by atoms with E-state index in [1.807, 2.05) is 0 Å². The number of hydrogen-bond donors (Lipinski definition) is 0. The van der Waals surface area contributed by atoms with Crippen LogP contribution in [0.3, 0.4) is 0 Å². The van der Waals surface area contributed by atoms with Crippen LogP contribution in [0.2, 0.25) is 0 Å². The average molecular weight is 282 g/mol. The number of nitrogens with zero attached hydrogens (tertiary/aromatic N) is 1. The maximum absolute atomic E-state index is 5.96. The highest BCUT2D eigenvalue weighted by Gasteiger charge is 2.34. The van der Waals surface area contributed by atoms with Gasteiger partial charge >= 0.3 is 0 Å². The Morgan fingerprint density at radius 2 is 2.31 bits per heavy atom. The zero-order valence-electron chi connectivity index (χ0n) is 9.45. The fourth-order valence-electron chi connectivity index (χ4n) is 2.93. The number of benzene rings is 1. The van der Waals surface area contributed by atoms with Crippen LogP contribution in [0.4, 0.5) is 5.69 Å². The largest absolute Gasteiger partial charge is 0.374 e. The minimum absolute atomic E-state index is 0.317. The zero-order chi connectivity index (χ0) is 11.1. The summed E-state index contributed by atoms with van der Waals surface area (Å²) in [6, 6.07) is 6.51. The summed E-state index contributed by atoms with van der Waals surface area (Å²) in [4.78, 5) is 2.36. The van der Waals surface area contributed by atoms with E-state index in [2.05, 4.69) is 46.1 Å². The fourth-order valence-corrected chi connectivity index (χ4v) is 3.30. The molecule has 2 heterocycles. The van der Waals surface area contributed by atoms with Crippen LogP contribution >= 0.6 is 15.9 Å². The number of rotatable bonds is 0. The first-order valence-electron chi connectivity index (χ1n) is 5.88. The van der Waals surface area contributed by atoms with Gasteiger partial charge in [0.15, 0.2) is 0 Å². The molecule has 0 amide bonds. The van der Waals surface area contributed by atoms with Gasteiger partial charge in [0, 0.05) is 41.8 Å². The zero-order valence-corrected chi connectivity index (χ0v) is 11.0. The maximum Gasteiger partial charge on any atom is 0.0890 e. The van der Waals surface area contributed by atoms with Crippen molar-refractivity contribution in [3.05, 3.63) is 28.2 Å². The average Bonchev–Trinajstić information content (AvgIpc) is 2.29. The van der Waals surface area contributed by atoms with Gasteiger partial charge in [-0.1, -0.05) is 15.9 Å². The van der Waals surface area contributed by atoms with Gasteiger partial charge in [0.05, 0.1) is 6.10 Å². The lowest BCUT2D eigenvalue weighted by Gasteiger charge is -2.41. The molecule has 0 aliphatic carbocycles. The molecule has 3 rings (SSSR count). The first-order chi connectivity index (χ1) is 7.75. The molecule has 2 nitrogen and oxygen atoms in total. The van der Waals surface area contributed by atoms with Crippen molar-refractivity contribution in [3.63, 3.8) is 0 Å². The molecule has 0 spiro atoms. The third-order valence-electron chi connectivity index (χ3n) is 3.66. The molecule has 1 fully saturated rings. The summed E-state index contributed by atoms with van der Waals surface area (Å²) in [5.74, 6) is 0.667. The van der Waals surface area contributed by atoms with Gasteiger partial charge in [0.25, 0.3) is 0 Å². The summed E-state index contributed by atoms with van der Waals surface area (Å²) < 4.78 is 7.11. The second kappa shape index (κ2) is 4.04. The van der Waals surface area contributed by atoms with Gasteiger partial charge in [-0.15, -0.1) is 0 Å². The molecule has 1 aromatic carbocycles. The molecule has 16 heavy (non-hydrogen) atoms. The highest BCUT2D eigenvalue weighted by atomic mass is 79.9. The normalized spacial score (nSPS) is 28.5. The lowest BCUT2D eigenvalue weighted by molar-refractivity contribution is -0.0288. The summed E-state index contributed by atoms with van der Waals surface area (Å²) in [7, 11) is 2.18. The van der Waals surface area contributed by atoms with Gasteiger partial charge in [-0.05, 0) is 31.0 Å². The van der Waals surface area contributed by atoms with Crippen molar-refractivity contribution in [2.24, 2.45) is 5.92 Å². The molecule has 0 radical (unpaired) electrons. The maximum atomic E-state index is 5.96. The van der Waals surface area contributed by atoms with Crippen LogP contribution in [0.1, 0.15) is 24.5 Å². The summed E-state index contributed by atoms with van der Waals surface area (Å²) >= 11 is 3.55. The lowest BCUT2D eigenvalue weighted by Crippen LogP contribution is -2.38. The van der Waals surface area contributed by atoms with E-state index in [0.29, 0.717) is 12.0 Å². The summed E-state index contributed by atoms with van der Waals surface area (Å²) in [5, 5.41) is 0. The molecule has 0 saturated carbocycles. The first kappa shape index (κ1) is 10.6. The van der Waals surface area contributed by atoms with Gasteiger partial charge in [-0.2, -0.15) is 0 Å². The van der Waals surface area contributed by atoms with Gasteiger partial charge in [0.1, 0.15) is 0 Å². The van der Waals surface area contributed by atoms with Crippen LogP contribution < -0.4 is 4.90 Å². The monoisotopic (exact) mass is 281 g/mol. The minimum atomic E-state index is 0.317. The van der Waals surface area contributed by atoms with Crippen molar-refractivity contribution in [1.82, 2.24) is 0 Å². The van der Waals surface area contributed by atoms with Crippen molar-refractivity contribution in [1.29, 1.82) is 0 Å². The fraction of sp³-hybridized carbons (Fsp3) is 0.538. The number of hydrogen-bond acceptors (Lipinski definition) is 2. The minimum Gasteiger partial charge on any atom is -0.374 e. The van der Waals surface area contributed by atoms with E-state index >= 15 is 0 Å². The third kappa shape index (κ3) is 1.66. The molecule has 0 bridgehead atoms. The smallest absolute Gasteiger partial charge is 0.0890 e. The van der Waals surface area contributed by atoms with Crippen molar-refractivity contribution in [3.8, 4) is 0 Å². The Hall–Kier alpha value is -0.540. The second-order valence-corrected chi connectivity index (χ2v) is 5.69. The molecule has 1 saturated heterocycles. The van der Waals surface area contributed by atoms with E-state index < -0.39 is 0 Å². The van der Waals surface area contributed by atoms with E-state index in [-0.39, 0.29) is 0 Å². The number of halogens is 1. The molecular weight excluding hydrogens is 266 g/mol. The highest BCUT2D eigenvalue weighted by molar-refractivity contribution is 9.10. The van der Waals surface area contributed by atoms with E-state index in [4.69, 9.17) is 4.74 Å². The first-order valence-corrected chi connectivity index (χ1v) is 6.67. The molecule has 2 unspecified atom stereocenters. The molecular formula is C13H16BrNO. The molecule has 3 heteroatoms. The molecule has 2 atom stereocenters. The van der Waals surface area contributed by atoms with Gasteiger partial charge in [-0.3, -0.25) is 0 Å². The van der Waals surface area contributed by atoms with Crippen LogP contribution in [0.15, 0.2) is 22.7 Å². The van der Waals surface area contributed by atoms with E-state index in [1.54, 1.807) is 0 Å². The quantitative estimate of drug-likeness (QED) is 0.723. The van der Waals surface area contributed by atoms with Crippen molar-refractivity contribution < 1.29 is 4.74 Å². The Bertz CT molecular complexity index is 407. The third-order valence-corrected chi connectivity index (χ3v) is 4.15. The standard InChI is InChI=1S/C13H16BrNO/c1-15-8-9-3-2-6-16-13(9)11-7-10(14)4-5-12(11)15/h4-5,7,9,13H,2-3,6,8H2,1H3. The van der Waals surface area contributed by atoms with Crippen LogP contribution in [-0.2, 0) is 4.74 Å². The van der Waals surface area contributed by atoms with Gasteiger partial charge in [-0.25, -0.2) is 0 Å². The topological polar surface area (TPSA) is 12.5 Å². The SMILES string of the molecule is CN1CC2CCCOC2c2cc(Br)ccc21. The van der Waals surface area contributed by atoms with Crippen LogP contribution in [0, 0.1) is 5.92 Å². The second-order valence-electron chi connectivity index (χ2n) is 4.78. The molecule has 2 aliphatic heterocycles. The Morgan fingerprint density at radius 3 is 3.19 bits per heavy atom.